The first kappa shape index (κ1) is 24.5. The highest BCUT2D eigenvalue weighted by molar-refractivity contribution is 5.92. The average molecular weight is 532 g/mol. The molecule has 0 unspecified atom stereocenters. The Bertz CT molecular complexity index is 1870. The van der Waals surface area contributed by atoms with E-state index in [2.05, 4.69) is 55.4 Å². The topological polar surface area (TPSA) is 110 Å². The fraction of sp³-hybridized carbons (Fsp3) is 0.267. The molecule has 7 rings (SSSR count). The zero-order valence-corrected chi connectivity index (χ0v) is 22.7. The zero-order chi connectivity index (χ0) is 27.4. The van der Waals surface area contributed by atoms with Crippen LogP contribution in [0.5, 0.6) is 0 Å². The molecular weight excluding hydrogens is 502 g/mol. The molecule has 0 amide bonds. The SMILES string of the molecule is Cc1cnn(-c2ccc3c(-c4cnc5cc(-c6ccc(CN7CC[C@](C)(O)C7)cc6)c(C)nn45)ccnc3n2)n1. The van der Waals surface area contributed by atoms with Crippen LogP contribution in [0.2, 0.25) is 0 Å². The number of likely N-dealkylation sites (tertiary alicyclic amines) is 1. The Balaban J connectivity index is 1.20. The van der Waals surface area contributed by atoms with Crippen molar-refractivity contribution in [2.45, 2.75) is 39.3 Å². The maximum atomic E-state index is 10.3. The van der Waals surface area contributed by atoms with Gasteiger partial charge in [0.15, 0.2) is 17.1 Å². The van der Waals surface area contributed by atoms with Gasteiger partial charge in [0.1, 0.15) is 0 Å². The van der Waals surface area contributed by atoms with Crippen molar-refractivity contribution in [3.05, 3.63) is 84.1 Å². The fourth-order valence-corrected chi connectivity index (χ4v) is 5.50. The molecule has 10 nitrogen and oxygen atoms in total. The summed E-state index contributed by atoms with van der Waals surface area (Å²) < 4.78 is 1.88. The molecule has 0 aliphatic carbocycles. The van der Waals surface area contributed by atoms with Crippen molar-refractivity contribution in [1.29, 1.82) is 0 Å². The van der Waals surface area contributed by atoms with Gasteiger partial charge in [-0.3, -0.25) is 4.90 Å². The van der Waals surface area contributed by atoms with E-state index in [9.17, 15) is 5.11 Å². The second-order valence-electron chi connectivity index (χ2n) is 10.9. The molecule has 0 spiro atoms. The third-order valence-corrected chi connectivity index (χ3v) is 7.56. The Labute approximate surface area is 231 Å². The summed E-state index contributed by atoms with van der Waals surface area (Å²) in [5, 5.41) is 24.7. The van der Waals surface area contributed by atoms with Gasteiger partial charge in [-0.15, -0.1) is 4.80 Å². The van der Waals surface area contributed by atoms with Crippen LogP contribution in [0.25, 0.3) is 44.9 Å². The summed E-state index contributed by atoms with van der Waals surface area (Å²) in [5.74, 6) is 0.611. The Morgan fingerprint density at radius 3 is 2.55 bits per heavy atom. The summed E-state index contributed by atoms with van der Waals surface area (Å²) >= 11 is 0. The Hall–Kier alpha value is -4.54. The third-order valence-electron chi connectivity index (χ3n) is 7.56. The monoisotopic (exact) mass is 531 g/mol. The summed E-state index contributed by atoms with van der Waals surface area (Å²) in [6.07, 6.45) is 6.12. The van der Waals surface area contributed by atoms with Crippen LogP contribution in [0, 0.1) is 13.8 Å². The molecule has 0 saturated carbocycles. The van der Waals surface area contributed by atoms with E-state index in [1.165, 1.54) is 10.4 Å². The third kappa shape index (κ3) is 4.41. The minimum Gasteiger partial charge on any atom is -0.389 e. The first-order valence-electron chi connectivity index (χ1n) is 13.4. The highest BCUT2D eigenvalue weighted by Gasteiger charge is 2.31. The molecule has 1 atom stereocenters. The lowest BCUT2D eigenvalue weighted by Gasteiger charge is -2.19. The van der Waals surface area contributed by atoms with E-state index in [4.69, 9.17) is 10.1 Å². The summed E-state index contributed by atoms with van der Waals surface area (Å²) in [6, 6.07) is 16.5. The molecule has 200 valence electrons. The van der Waals surface area contributed by atoms with Crippen molar-refractivity contribution in [3.63, 3.8) is 0 Å². The minimum atomic E-state index is -0.583. The second kappa shape index (κ2) is 9.29. The van der Waals surface area contributed by atoms with Gasteiger partial charge in [0.2, 0.25) is 0 Å². The number of fused-ring (bicyclic) bond motifs is 2. The summed E-state index contributed by atoms with van der Waals surface area (Å²) in [6.45, 7) is 8.29. The first-order chi connectivity index (χ1) is 19.3. The second-order valence-corrected chi connectivity index (χ2v) is 10.9. The molecule has 1 fully saturated rings. The average Bonchev–Trinajstić information content (AvgIpc) is 3.66. The van der Waals surface area contributed by atoms with E-state index in [-0.39, 0.29) is 0 Å². The number of imidazole rings is 1. The molecule has 1 aliphatic heterocycles. The van der Waals surface area contributed by atoms with Crippen molar-refractivity contribution in [2.75, 3.05) is 13.1 Å². The predicted octanol–water partition coefficient (Wildman–Crippen LogP) is 4.16. The van der Waals surface area contributed by atoms with Crippen molar-refractivity contribution < 1.29 is 5.11 Å². The number of nitrogens with zero attached hydrogens (tertiary/aromatic N) is 9. The van der Waals surface area contributed by atoms with E-state index >= 15 is 0 Å². The van der Waals surface area contributed by atoms with Gasteiger partial charge in [0, 0.05) is 42.3 Å². The molecule has 1 N–H and O–H groups in total. The molecule has 1 aliphatic rings. The maximum absolute atomic E-state index is 10.3. The minimum absolute atomic E-state index is 0.583. The molecule has 5 aromatic heterocycles. The molecule has 6 heterocycles. The van der Waals surface area contributed by atoms with E-state index in [0.717, 1.165) is 64.3 Å². The van der Waals surface area contributed by atoms with Gasteiger partial charge in [0.05, 0.1) is 35.1 Å². The Morgan fingerprint density at radius 1 is 0.950 bits per heavy atom. The van der Waals surface area contributed by atoms with Crippen LogP contribution < -0.4 is 0 Å². The van der Waals surface area contributed by atoms with E-state index < -0.39 is 5.60 Å². The van der Waals surface area contributed by atoms with Crippen LogP contribution in [-0.4, -0.2) is 68.3 Å². The lowest BCUT2D eigenvalue weighted by Crippen LogP contribution is -2.29. The van der Waals surface area contributed by atoms with Gasteiger partial charge in [-0.2, -0.15) is 15.3 Å². The lowest BCUT2D eigenvalue weighted by molar-refractivity contribution is 0.0679. The van der Waals surface area contributed by atoms with E-state index in [0.29, 0.717) is 18.0 Å². The van der Waals surface area contributed by atoms with Crippen LogP contribution in [-0.2, 0) is 6.54 Å². The smallest absolute Gasteiger partial charge is 0.176 e. The van der Waals surface area contributed by atoms with Crippen LogP contribution in [0.1, 0.15) is 30.3 Å². The number of aryl methyl sites for hydroxylation is 2. The number of aliphatic hydroxyl groups is 1. The van der Waals surface area contributed by atoms with Crippen molar-refractivity contribution in [1.82, 2.24) is 44.5 Å². The standard InChI is InChI=1S/C30H29N9O/c1-19-15-33-39(35-19)27-9-8-24-23(10-12-31-29(24)34-27)26-16-32-28-14-25(20(2)36-38(26)28)22-6-4-21(5-7-22)17-37-13-11-30(3,40)18-37/h4-10,12,14-16,40H,11,13,17-18H2,1-3H3/t30-/m0/s1. The summed E-state index contributed by atoms with van der Waals surface area (Å²) in [5.41, 5.74) is 7.72. The number of β-amino-alcohol motifs (C(OH)–C–C–N with tert-alkyl or cyclic N) is 1. The van der Waals surface area contributed by atoms with Crippen molar-refractivity contribution in [2.24, 2.45) is 0 Å². The lowest BCUT2D eigenvalue weighted by atomic mass is 10.0. The molecule has 0 bridgehead atoms. The van der Waals surface area contributed by atoms with Crippen molar-refractivity contribution in [3.8, 4) is 28.2 Å². The van der Waals surface area contributed by atoms with Crippen LogP contribution >= 0.6 is 0 Å². The molecule has 40 heavy (non-hydrogen) atoms. The molecule has 6 aromatic rings. The zero-order valence-electron chi connectivity index (χ0n) is 22.7. The number of hydrogen-bond donors (Lipinski definition) is 1. The van der Waals surface area contributed by atoms with E-state index in [1.807, 2.05) is 49.7 Å². The van der Waals surface area contributed by atoms with Gasteiger partial charge in [0.25, 0.3) is 0 Å². The molecule has 0 radical (unpaired) electrons. The van der Waals surface area contributed by atoms with Crippen LogP contribution in [0.15, 0.2) is 67.1 Å². The maximum Gasteiger partial charge on any atom is 0.176 e. The van der Waals surface area contributed by atoms with Gasteiger partial charge < -0.3 is 5.11 Å². The number of rotatable bonds is 5. The Morgan fingerprint density at radius 2 is 1.80 bits per heavy atom. The number of benzene rings is 1. The predicted molar refractivity (Wildman–Crippen MR) is 152 cm³/mol. The Kier molecular flexibility index (Phi) is 5.69. The molecule has 10 heteroatoms. The van der Waals surface area contributed by atoms with Crippen LogP contribution in [0.4, 0.5) is 0 Å². The fourth-order valence-electron chi connectivity index (χ4n) is 5.50. The van der Waals surface area contributed by atoms with Gasteiger partial charge >= 0.3 is 0 Å². The quantitative estimate of drug-likeness (QED) is 0.353. The highest BCUT2D eigenvalue weighted by atomic mass is 16.3. The number of aromatic nitrogens is 8. The number of pyridine rings is 2. The van der Waals surface area contributed by atoms with Gasteiger partial charge in [-0.05, 0) is 62.6 Å². The van der Waals surface area contributed by atoms with Gasteiger partial charge in [-0.25, -0.2) is 19.5 Å². The molecule has 1 saturated heterocycles. The normalized spacial score (nSPS) is 17.8. The molecular formula is C30H29N9O. The largest absolute Gasteiger partial charge is 0.389 e. The summed E-state index contributed by atoms with van der Waals surface area (Å²) in [4.78, 5) is 17.7. The highest BCUT2D eigenvalue weighted by Crippen LogP contribution is 2.30. The first-order valence-corrected chi connectivity index (χ1v) is 13.4. The van der Waals surface area contributed by atoms with Crippen LogP contribution in [0.3, 0.4) is 0 Å². The number of hydrogen-bond acceptors (Lipinski definition) is 8. The summed E-state index contributed by atoms with van der Waals surface area (Å²) in [7, 11) is 0. The van der Waals surface area contributed by atoms with Gasteiger partial charge in [-0.1, -0.05) is 24.3 Å². The van der Waals surface area contributed by atoms with E-state index in [1.54, 1.807) is 12.4 Å². The molecule has 1 aromatic carbocycles. The van der Waals surface area contributed by atoms with Crippen molar-refractivity contribution >= 4 is 16.7 Å².